The molecular formula is C22H30Cl2N2O3. The highest BCUT2D eigenvalue weighted by Gasteiger charge is 2.47. The number of likely N-dealkylation sites (tertiary alicyclic amines) is 1. The van der Waals surface area contributed by atoms with Crippen molar-refractivity contribution in [2.75, 3.05) is 33.4 Å². The number of carbonyl (C=O) groups is 1. The van der Waals surface area contributed by atoms with Crippen LogP contribution < -0.4 is 4.74 Å². The van der Waals surface area contributed by atoms with Gasteiger partial charge in [-0.25, -0.2) is 0 Å². The van der Waals surface area contributed by atoms with Gasteiger partial charge in [0.2, 0.25) is 0 Å². The minimum atomic E-state index is -0.00596. The van der Waals surface area contributed by atoms with Gasteiger partial charge in [0.25, 0.3) is 5.91 Å². The Morgan fingerprint density at radius 3 is 2.72 bits per heavy atom. The Morgan fingerprint density at radius 1 is 1.24 bits per heavy atom. The Balaban J connectivity index is 1.41. The standard InChI is InChI=1S/C22H30Cl2N2O3/c1-25(21(27)15-28-16-5-6-17(23)18(24)13-16)19-7-9-22(8-4-12-29-22)14-20(19)26-10-2-3-11-26/h5-6,13,19-20H,2-4,7-12,14-15H2,1H3/t19-,20-,22-/m0/s1. The summed E-state index contributed by atoms with van der Waals surface area (Å²) in [4.78, 5) is 17.4. The summed E-state index contributed by atoms with van der Waals surface area (Å²) in [5.74, 6) is 0.549. The van der Waals surface area contributed by atoms with Crippen LogP contribution in [-0.4, -0.2) is 66.7 Å². The molecule has 1 spiro atoms. The van der Waals surface area contributed by atoms with Gasteiger partial charge in [-0.05, 0) is 70.2 Å². The van der Waals surface area contributed by atoms with Gasteiger partial charge in [0.1, 0.15) is 5.75 Å². The van der Waals surface area contributed by atoms with Gasteiger partial charge in [-0.15, -0.1) is 0 Å². The quantitative estimate of drug-likeness (QED) is 0.680. The lowest BCUT2D eigenvalue weighted by atomic mass is 9.76. The van der Waals surface area contributed by atoms with Crippen LogP contribution in [0, 0.1) is 0 Å². The van der Waals surface area contributed by atoms with Crippen molar-refractivity contribution < 1.29 is 14.3 Å². The topological polar surface area (TPSA) is 42.0 Å². The second kappa shape index (κ2) is 9.01. The smallest absolute Gasteiger partial charge is 0.260 e. The molecular weight excluding hydrogens is 411 g/mol. The first-order valence-electron chi connectivity index (χ1n) is 10.7. The van der Waals surface area contributed by atoms with Crippen molar-refractivity contribution in [3.8, 4) is 5.75 Å². The molecule has 1 aliphatic carbocycles. The number of amides is 1. The predicted octanol–water partition coefficient (Wildman–Crippen LogP) is 4.40. The monoisotopic (exact) mass is 440 g/mol. The molecule has 1 aromatic rings. The maximum atomic E-state index is 12.9. The van der Waals surface area contributed by atoms with E-state index in [-0.39, 0.29) is 24.2 Å². The molecule has 3 aliphatic rings. The number of rotatable bonds is 5. The second-order valence-electron chi connectivity index (χ2n) is 8.62. The van der Waals surface area contributed by atoms with Gasteiger partial charge in [-0.1, -0.05) is 23.2 Å². The first-order chi connectivity index (χ1) is 14.0. The maximum absolute atomic E-state index is 12.9. The summed E-state index contributed by atoms with van der Waals surface area (Å²) in [6.07, 6.45) is 7.85. The molecule has 5 nitrogen and oxygen atoms in total. The molecule has 0 aromatic heterocycles. The van der Waals surface area contributed by atoms with Gasteiger partial charge in [0, 0.05) is 31.8 Å². The van der Waals surface area contributed by atoms with Crippen LogP contribution in [0.4, 0.5) is 0 Å². The number of carbonyl (C=O) groups excluding carboxylic acids is 1. The van der Waals surface area contributed by atoms with E-state index in [0.717, 1.165) is 51.8 Å². The Morgan fingerprint density at radius 2 is 2.03 bits per heavy atom. The molecule has 1 amide bonds. The zero-order chi connectivity index (χ0) is 20.4. The lowest BCUT2D eigenvalue weighted by molar-refractivity contribution is -0.139. The third kappa shape index (κ3) is 4.68. The van der Waals surface area contributed by atoms with Gasteiger partial charge in [0.05, 0.1) is 15.6 Å². The van der Waals surface area contributed by atoms with Crippen molar-refractivity contribution in [1.82, 2.24) is 9.80 Å². The molecule has 1 saturated carbocycles. The first kappa shape index (κ1) is 21.2. The summed E-state index contributed by atoms with van der Waals surface area (Å²) in [6.45, 7) is 3.13. The van der Waals surface area contributed by atoms with E-state index in [9.17, 15) is 4.79 Å². The van der Waals surface area contributed by atoms with Crippen LogP contribution in [-0.2, 0) is 9.53 Å². The van der Waals surface area contributed by atoms with E-state index in [2.05, 4.69) is 4.90 Å². The highest BCUT2D eigenvalue weighted by Crippen LogP contribution is 2.43. The highest BCUT2D eigenvalue weighted by molar-refractivity contribution is 6.42. The molecule has 0 unspecified atom stereocenters. The first-order valence-corrected chi connectivity index (χ1v) is 11.4. The van der Waals surface area contributed by atoms with Crippen LogP contribution in [0.2, 0.25) is 10.0 Å². The molecule has 2 aliphatic heterocycles. The highest BCUT2D eigenvalue weighted by atomic mass is 35.5. The summed E-state index contributed by atoms with van der Waals surface area (Å²) in [7, 11) is 1.92. The van der Waals surface area contributed by atoms with Gasteiger partial charge in [0.15, 0.2) is 6.61 Å². The van der Waals surface area contributed by atoms with Crippen LogP contribution in [0.3, 0.4) is 0 Å². The van der Waals surface area contributed by atoms with E-state index in [0.29, 0.717) is 21.8 Å². The molecule has 3 fully saturated rings. The van der Waals surface area contributed by atoms with Crippen LogP contribution in [0.15, 0.2) is 18.2 Å². The number of benzene rings is 1. The average molecular weight is 441 g/mol. The van der Waals surface area contributed by atoms with Gasteiger partial charge in [-0.2, -0.15) is 0 Å². The van der Waals surface area contributed by atoms with E-state index in [1.807, 2.05) is 11.9 Å². The maximum Gasteiger partial charge on any atom is 0.260 e. The number of hydrogen-bond acceptors (Lipinski definition) is 4. The molecule has 1 aromatic carbocycles. The SMILES string of the molecule is CN(C(=O)COc1ccc(Cl)c(Cl)c1)[C@H]1CC[C@@]2(CCCO2)C[C@@H]1N1CCCC1. The third-order valence-corrected chi connectivity index (χ3v) is 7.60. The summed E-state index contributed by atoms with van der Waals surface area (Å²) in [5.41, 5.74) is 0.0319. The number of nitrogens with zero attached hydrogens (tertiary/aromatic N) is 2. The van der Waals surface area contributed by atoms with E-state index in [4.69, 9.17) is 32.7 Å². The molecule has 0 radical (unpaired) electrons. The van der Waals surface area contributed by atoms with Gasteiger partial charge in [-0.3, -0.25) is 9.69 Å². The van der Waals surface area contributed by atoms with Gasteiger partial charge >= 0.3 is 0 Å². The van der Waals surface area contributed by atoms with Crippen molar-refractivity contribution in [2.24, 2.45) is 0 Å². The summed E-state index contributed by atoms with van der Waals surface area (Å²) in [5, 5.41) is 0.898. The average Bonchev–Trinajstić information content (AvgIpc) is 3.41. The van der Waals surface area contributed by atoms with E-state index < -0.39 is 0 Å². The van der Waals surface area contributed by atoms with E-state index in [1.165, 1.54) is 12.8 Å². The Bertz CT molecular complexity index is 733. The molecule has 0 N–H and O–H groups in total. The Hall–Kier alpha value is -1.01. The fourth-order valence-electron chi connectivity index (χ4n) is 5.23. The minimum Gasteiger partial charge on any atom is -0.484 e. The molecule has 2 heterocycles. The molecule has 3 atom stereocenters. The third-order valence-electron chi connectivity index (χ3n) is 6.86. The molecule has 4 rings (SSSR count). The fourth-order valence-corrected chi connectivity index (χ4v) is 5.52. The second-order valence-corrected chi connectivity index (χ2v) is 9.44. The lowest BCUT2D eigenvalue weighted by Crippen LogP contribution is -2.58. The van der Waals surface area contributed by atoms with Crippen molar-refractivity contribution in [3.05, 3.63) is 28.2 Å². The number of hydrogen-bond donors (Lipinski definition) is 0. The molecule has 7 heteroatoms. The molecule has 0 bridgehead atoms. The zero-order valence-corrected chi connectivity index (χ0v) is 18.6. The molecule has 160 valence electrons. The Kier molecular flexibility index (Phi) is 6.59. The van der Waals surface area contributed by atoms with Gasteiger partial charge < -0.3 is 14.4 Å². The van der Waals surface area contributed by atoms with Crippen molar-refractivity contribution >= 4 is 29.1 Å². The van der Waals surface area contributed by atoms with Crippen molar-refractivity contribution in [2.45, 2.75) is 62.6 Å². The zero-order valence-electron chi connectivity index (χ0n) is 17.0. The van der Waals surface area contributed by atoms with Crippen molar-refractivity contribution in [1.29, 1.82) is 0 Å². The van der Waals surface area contributed by atoms with E-state index in [1.54, 1.807) is 18.2 Å². The summed E-state index contributed by atoms with van der Waals surface area (Å²) >= 11 is 12.0. The van der Waals surface area contributed by atoms with E-state index >= 15 is 0 Å². The van der Waals surface area contributed by atoms with Crippen LogP contribution >= 0.6 is 23.2 Å². The number of ether oxygens (including phenoxy) is 2. The molecule has 2 saturated heterocycles. The number of halogens is 2. The normalized spacial score (nSPS) is 30.0. The van der Waals surface area contributed by atoms with Crippen molar-refractivity contribution in [3.63, 3.8) is 0 Å². The van der Waals surface area contributed by atoms with Crippen LogP contribution in [0.25, 0.3) is 0 Å². The van der Waals surface area contributed by atoms with Crippen LogP contribution in [0.5, 0.6) is 5.75 Å². The minimum absolute atomic E-state index is 0.000671. The molecule has 29 heavy (non-hydrogen) atoms. The fraction of sp³-hybridized carbons (Fsp3) is 0.682. The Labute approximate surface area is 183 Å². The number of likely N-dealkylation sites (N-methyl/N-ethyl adjacent to an activating group) is 1. The predicted molar refractivity (Wildman–Crippen MR) is 115 cm³/mol. The largest absolute Gasteiger partial charge is 0.484 e. The van der Waals surface area contributed by atoms with Crippen LogP contribution in [0.1, 0.15) is 44.9 Å². The summed E-state index contributed by atoms with van der Waals surface area (Å²) < 4.78 is 11.9. The summed E-state index contributed by atoms with van der Waals surface area (Å²) in [6, 6.07) is 5.62. The lowest BCUT2D eigenvalue weighted by Gasteiger charge is -2.48.